The molecule has 0 unspecified atom stereocenters. The van der Waals surface area contributed by atoms with Crippen molar-refractivity contribution in [1.29, 1.82) is 15.8 Å². The number of nitrogens with one attached hydrogen (secondary N) is 1. The highest BCUT2D eigenvalue weighted by molar-refractivity contribution is 6.27. The van der Waals surface area contributed by atoms with Crippen molar-refractivity contribution in [2.75, 3.05) is 26.0 Å². The van der Waals surface area contributed by atoms with E-state index in [1.165, 1.54) is 12.1 Å². The van der Waals surface area contributed by atoms with Gasteiger partial charge in [0.2, 0.25) is 5.91 Å². The van der Waals surface area contributed by atoms with Gasteiger partial charge >= 0.3 is 0 Å². The minimum Gasteiger partial charge on any atom is -0.508 e. The van der Waals surface area contributed by atoms with Gasteiger partial charge in [-0.3, -0.25) is 4.79 Å². The fourth-order valence-corrected chi connectivity index (χ4v) is 4.25. The van der Waals surface area contributed by atoms with Crippen LogP contribution in [0.15, 0.2) is 47.2 Å². The molecule has 0 aromatic heterocycles. The van der Waals surface area contributed by atoms with Crippen molar-refractivity contribution in [3.8, 4) is 24.0 Å². The van der Waals surface area contributed by atoms with Gasteiger partial charge in [-0.1, -0.05) is 18.2 Å². The van der Waals surface area contributed by atoms with E-state index in [1.54, 1.807) is 12.1 Å². The van der Waals surface area contributed by atoms with E-state index in [0.717, 1.165) is 0 Å². The number of benzene rings is 1. The van der Waals surface area contributed by atoms with E-state index >= 15 is 0 Å². The summed E-state index contributed by atoms with van der Waals surface area (Å²) in [6.45, 7) is 1.13. The molecule has 2 atom stereocenters. The molecule has 0 fully saturated rings. The highest BCUT2D eigenvalue weighted by atomic mass is 35.5. The number of carbonyl (C=O) groups excluding carboxylic acids is 1. The molecule has 1 amide bonds. The molecular formula is C21H18ClN5O2. The van der Waals surface area contributed by atoms with Crippen LogP contribution < -0.4 is 5.32 Å². The van der Waals surface area contributed by atoms with Crippen LogP contribution in [0.2, 0.25) is 0 Å². The third-order valence-corrected chi connectivity index (χ3v) is 5.68. The molecule has 0 radical (unpaired) electrons. The smallest absolute Gasteiger partial charge is 0.239 e. The summed E-state index contributed by atoms with van der Waals surface area (Å²) in [6.07, 6.45) is 1.89. The second kappa shape index (κ2) is 7.97. The number of phenolic OH excluding ortho intramolecular Hbond substituents is 1. The first-order valence-electron chi connectivity index (χ1n) is 8.92. The van der Waals surface area contributed by atoms with Gasteiger partial charge in [-0.05, 0) is 30.3 Å². The summed E-state index contributed by atoms with van der Waals surface area (Å²) in [5.41, 5.74) is -0.328. The zero-order valence-electron chi connectivity index (χ0n) is 15.7. The lowest BCUT2D eigenvalue weighted by Gasteiger charge is -2.45. The Kier molecular flexibility index (Phi) is 5.62. The van der Waals surface area contributed by atoms with Gasteiger partial charge in [0.25, 0.3) is 0 Å². The average molecular weight is 408 g/mol. The van der Waals surface area contributed by atoms with Crippen molar-refractivity contribution in [1.82, 2.24) is 10.2 Å². The van der Waals surface area contributed by atoms with Crippen LogP contribution in [0, 0.1) is 45.3 Å². The number of likely N-dealkylation sites (N-methyl/N-ethyl adjacent to an activating group) is 1. The van der Waals surface area contributed by atoms with Crippen LogP contribution in [-0.4, -0.2) is 41.9 Å². The van der Waals surface area contributed by atoms with Gasteiger partial charge in [-0.2, -0.15) is 15.8 Å². The highest BCUT2D eigenvalue weighted by Gasteiger charge is 2.55. The zero-order valence-corrected chi connectivity index (χ0v) is 16.4. The number of allylic oxidation sites excluding steroid dienone is 2. The van der Waals surface area contributed by atoms with E-state index in [9.17, 15) is 25.7 Å². The standard InChI is InChI=1S/C21H18ClN5O2/c1-27-7-6-15-16(9-23)20(26-18(29)8-22)21(11-24,12-25)19(17(15)10-27)13-2-4-14(28)5-3-13/h2-6,17,19,28H,7-8,10H2,1H3,(H,26,29)/t17-,19-/m1/s1. The maximum absolute atomic E-state index is 12.1. The summed E-state index contributed by atoms with van der Waals surface area (Å²) in [5.74, 6) is -1.88. The Morgan fingerprint density at radius 2 is 1.97 bits per heavy atom. The summed E-state index contributed by atoms with van der Waals surface area (Å²) in [4.78, 5) is 14.1. The van der Waals surface area contributed by atoms with Crippen LogP contribution in [-0.2, 0) is 4.79 Å². The minimum atomic E-state index is -1.80. The van der Waals surface area contributed by atoms with E-state index in [-0.39, 0.29) is 28.8 Å². The fraction of sp³-hybridized carbons (Fsp3) is 0.333. The molecule has 0 saturated heterocycles. The molecule has 1 aromatic carbocycles. The summed E-state index contributed by atoms with van der Waals surface area (Å²) in [7, 11) is 1.92. The third kappa shape index (κ3) is 3.34. The number of halogens is 1. The van der Waals surface area contributed by atoms with Crippen LogP contribution in [0.5, 0.6) is 5.75 Å². The Morgan fingerprint density at radius 1 is 1.31 bits per heavy atom. The lowest BCUT2D eigenvalue weighted by atomic mass is 9.58. The number of rotatable bonds is 3. The molecule has 7 nitrogen and oxygen atoms in total. The van der Waals surface area contributed by atoms with Gasteiger partial charge in [-0.25, -0.2) is 0 Å². The number of nitrogens with zero attached hydrogens (tertiary/aromatic N) is 4. The van der Waals surface area contributed by atoms with Gasteiger partial charge in [0.1, 0.15) is 17.7 Å². The van der Waals surface area contributed by atoms with E-state index in [4.69, 9.17) is 11.6 Å². The number of hydrogen-bond acceptors (Lipinski definition) is 6. The van der Waals surface area contributed by atoms with Crippen molar-refractivity contribution < 1.29 is 9.90 Å². The molecule has 8 heteroatoms. The van der Waals surface area contributed by atoms with Gasteiger partial charge < -0.3 is 15.3 Å². The number of aromatic hydroxyl groups is 1. The topological polar surface area (TPSA) is 124 Å². The quantitative estimate of drug-likeness (QED) is 0.739. The van der Waals surface area contributed by atoms with Crippen LogP contribution in [0.4, 0.5) is 0 Å². The maximum Gasteiger partial charge on any atom is 0.239 e. The fourth-order valence-electron chi connectivity index (χ4n) is 4.18. The number of hydrogen-bond donors (Lipinski definition) is 2. The second-order valence-electron chi connectivity index (χ2n) is 7.13. The zero-order chi connectivity index (χ0) is 21.2. The van der Waals surface area contributed by atoms with Crippen molar-refractivity contribution in [3.63, 3.8) is 0 Å². The van der Waals surface area contributed by atoms with Crippen LogP contribution in [0.3, 0.4) is 0 Å². The predicted molar refractivity (Wildman–Crippen MR) is 105 cm³/mol. The molecule has 2 N–H and O–H groups in total. The average Bonchev–Trinajstić information content (AvgIpc) is 2.73. The minimum absolute atomic E-state index is 0.0271. The van der Waals surface area contributed by atoms with Gasteiger partial charge in [-0.15, -0.1) is 11.6 Å². The number of fused-ring (bicyclic) bond motifs is 1. The van der Waals surface area contributed by atoms with Crippen LogP contribution >= 0.6 is 11.6 Å². The first-order valence-corrected chi connectivity index (χ1v) is 9.46. The first kappa shape index (κ1) is 20.4. The molecule has 2 aliphatic rings. The summed E-state index contributed by atoms with van der Waals surface area (Å²) in [5, 5.41) is 42.4. The van der Waals surface area contributed by atoms with Crippen molar-refractivity contribution in [2.24, 2.45) is 11.3 Å². The Morgan fingerprint density at radius 3 is 2.52 bits per heavy atom. The number of alkyl halides is 1. The van der Waals surface area contributed by atoms with Gasteiger partial charge in [0.05, 0.1) is 23.4 Å². The van der Waals surface area contributed by atoms with Crippen molar-refractivity contribution in [2.45, 2.75) is 5.92 Å². The Balaban J connectivity index is 2.35. The highest BCUT2D eigenvalue weighted by Crippen LogP contribution is 2.54. The maximum atomic E-state index is 12.1. The summed E-state index contributed by atoms with van der Waals surface area (Å²) >= 11 is 5.64. The molecule has 1 heterocycles. The Bertz CT molecular complexity index is 1010. The summed E-state index contributed by atoms with van der Waals surface area (Å²) < 4.78 is 0. The van der Waals surface area contributed by atoms with Gasteiger partial charge in [0, 0.05) is 24.9 Å². The van der Waals surface area contributed by atoms with Crippen LogP contribution in [0.1, 0.15) is 11.5 Å². The lowest BCUT2D eigenvalue weighted by Crippen LogP contribution is -2.49. The SMILES string of the molecule is CN1CC=C2C(C#N)=C(NC(=O)CCl)C(C#N)(C#N)[C@H](c3ccc(O)cc3)[C@@H]2C1. The third-order valence-electron chi connectivity index (χ3n) is 5.44. The normalized spacial score (nSPS) is 23.1. The van der Waals surface area contributed by atoms with Gasteiger partial charge in [0.15, 0.2) is 5.41 Å². The molecule has 0 spiro atoms. The first-order chi connectivity index (χ1) is 13.9. The van der Waals surface area contributed by atoms with Crippen molar-refractivity contribution >= 4 is 17.5 Å². The van der Waals surface area contributed by atoms with Crippen molar-refractivity contribution in [3.05, 3.63) is 52.7 Å². The molecule has 0 bridgehead atoms. The molecule has 1 aliphatic carbocycles. The molecule has 29 heavy (non-hydrogen) atoms. The number of phenols is 1. The molecule has 146 valence electrons. The van der Waals surface area contributed by atoms with E-state index < -0.39 is 17.2 Å². The lowest BCUT2D eigenvalue weighted by molar-refractivity contribution is -0.118. The molecular weight excluding hydrogens is 390 g/mol. The van der Waals surface area contributed by atoms with Crippen LogP contribution in [0.25, 0.3) is 0 Å². The molecule has 1 aromatic rings. The number of amides is 1. The predicted octanol–water partition coefficient (Wildman–Crippen LogP) is 2.14. The van der Waals surface area contributed by atoms with E-state index in [0.29, 0.717) is 24.2 Å². The monoisotopic (exact) mass is 407 g/mol. The Hall–Kier alpha value is -3.31. The molecule has 3 rings (SSSR count). The second-order valence-corrected chi connectivity index (χ2v) is 7.40. The molecule has 1 aliphatic heterocycles. The largest absolute Gasteiger partial charge is 0.508 e. The summed E-state index contributed by atoms with van der Waals surface area (Å²) in [6, 6.07) is 12.6. The Labute approximate surface area is 173 Å². The van der Waals surface area contributed by atoms with E-state index in [1.807, 2.05) is 18.0 Å². The molecule has 0 saturated carbocycles. The number of carbonyl (C=O) groups is 1. The van der Waals surface area contributed by atoms with E-state index in [2.05, 4.69) is 23.5 Å². The number of nitriles is 3.